The summed E-state index contributed by atoms with van der Waals surface area (Å²) >= 11 is 1.91. The maximum absolute atomic E-state index is 12.8. The van der Waals surface area contributed by atoms with E-state index in [2.05, 4.69) is 10.4 Å². The molecule has 0 bridgehead atoms. The average molecular weight is 435 g/mol. The van der Waals surface area contributed by atoms with Crippen molar-refractivity contribution in [1.82, 2.24) is 9.78 Å². The van der Waals surface area contributed by atoms with Crippen LogP contribution in [0.3, 0.4) is 0 Å². The number of carbonyl (C=O) groups excluding carboxylic acids is 1. The molecule has 4 nitrogen and oxygen atoms in total. The van der Waals surface area contributed by atoms with E-state index in [9.17, 15) is 18.0 Å². The van der Waals surface area contributed by atoms with E-state index in [1.807, 2.05) is 28.8 Å². The van der Waals surface area contributed by atoms with Crippen molar-refractivity contribution >= 4 is 34.2 Å². The summed E-state index contributed by atoms with van der Waals surface area (Å²) in [5, 5.41) is 6.68. The fourth-order valence-corrected chi connectivity index (χ4v) is 2.98. The zero-order chi connectivity index (χ0) is 16.8. The fourth-order valence-electron chi connectivity index (χ4n) is 2.51. The first kappa shape index (κ1) is 16.3. The molecule has 1 aromatic heterocycles. The number of hydrogen-bond acceptors (Lipinski definition) is 2. The Balaban J connectivity index is 1.72. The van der Waals surface area contributed by atoms with Crippen LogP contribution in [0.2, 0.25) is 0 Å². The monoisotopic (exact) mass is 435 g/mol. The number of alkyl halides is 3. The second kappa shape index (κ2) is 5.81. The van der Waals surface area contributed by atoms with E-state index < -0.39 is 11.7 Å². The first-order chi connectivity index (χ1) is 10.8. The van der Waals surface area contributed by atoms with E-state index >= 15 is 0 Å². The fraction of sp³-hybridized carbons (Fsp3) is 0.333. The van der Waals surface area contributed by atoms with Crippen molar-refractivity contribution in [2.24, 2.45) is 13.0 Å². The van der Waals surface area contributed by atoms with Crippen molar-refractivity contribution in [3.05, 3.63) is 45.3 Å². The minimum absolute atomic E-state index is 0.0900. The molecule has 0 spiro atoms. The van der Waals surface area contributed by atoms with Crippen LogP contribution in [0.15, 0.2) is 30.6 Å². The maximum atomic E-state index is 12.8. The highest BCUT2D eigenvalue weighted by Crippen LogP contribution is 2.48. The van der Waals surface area contributed by atoms with Crippen molar-refractivity contribution in [1.29, 1.82) is 0 Å². The quantitative estimate of drug-likeness (QED) is 0.747. The van der Waals surface area contributed by atoms with Crippen molar-refractivity contribution < 1.29 is 18.0 Å². The van der Waals surface area contributed by atoms with Crippen LogP contribution in [0.5, 0.6) is 0 Å². The number of halogens is 4. The Labute approximate surface area is 144 Å². The summed E-state index contributed by atoms with van der Waals surface area (Å²) in [6.07, 6.45) is -0.174. The lowest BCUT2D eigenvalue weighted by atomic mass is 10.1. The molecule has 0 unspecified atom stereocenters. The van der Waals surface area contributed by atoms with Crippen molar-refractivity contribution in [2.75, 3.05) is 5.32 Å². The zero-order valence-corrected chi connectivity index (χ0v) is 14.2. The van der Waals surface area contributed by atoms with Crippen molar-refractivity contribution in [3.8, 4) is 0 Å². The Kier molecular flexibility index (Phi) is 4.11. The van der Waals surface area contributed by atoms with Crippen molar-refractivity contribution in [2.45, 2.75) is 18.5 Å². The first-order valence-electron chi connectivity index (χ1n) is 6.92. The third-order valence-corrected chi connectivity index (χ3v) is 4.77. The van der Waals surface area contributed by atoms with Gasteiger partial charge in [-0.1, -0.05) is 0 Å². The predicted molar refractivity (Wildman–Crippen MR) is 86.8 cm³/mol. The van der Waals surface area contributed by atoms with Gasteiger partial charge in [-0.05, 0) is 58.7 Å². The topological polar surface area (TPSA) is 46.9 Å². The molecule has 0 radical (unpaired) electrons. The maximum Gasteiger partial charge on any atom is 0.416 e. The third-order valence-electron chi connectivity index (χ3n) is 3.83. The molecule has 1 aliphatic carbocycles. The van der Waals surface area contributed by atoms with Gasteiger partial charge in [0.2, 0.25) is 5.91 Å². The lowest BCUT2D eigenvalue weighted by Crippen LogP contribution is -2.16. The van der Waals surface area contributed by atoms with Gasteiger partial charge in [-0.25, -0.2) is 0 Å². The van der Waals surface area contributed by atoms with Crippen LogP contribution in [-0.4, -0.2) is 15.7 Å². The second-order valence-electron chi connectivity index (χ2n) is 5.58. The van der Waals surface area contributed by atoms with Gasteiger partial charge < -0.3 is 5.32 Å². The van der Waals surface area contributed by atoms with Gasteiger partial charge in [0.15, 0.2) is 0 Å². The average Bonchev–Trinajstić information content (AvgIpc) is 3.15. The van der Waals surface area contributed by atoms with Gasteiger partial charge in [0.05, 0.1) is 17.4 Å². The molecule has 1 N–H and O–H groups in total. The van der Waals surface area contributed by atoms with E-state index in [1.165, 1.54) is 6.07 Å². The second-order valence-corrected chi connectivity index (χ2v) is 6.74. The molecule has 0 saturated heterocycles. The Morgan fingerprint density at radius 2 is 2.17 bits per heavy atom. The molecule has 122 valence electrons. The molecule has 8 heteroatoms. The Bertz CT molecular complexity index is 757. The smallest absolute Gasteiger partial charge is 0.325 e. The molecule has 2 atom stereocenters. The summed E-state index contributed by atoms with van der Waals surface area (Å²) in [7, 11) is 1.80. The van der Waals surface area contributed by atoms with E-state index in [0.29, 0.717) is 9.99 Å². The number of benzene rings is 1. The first-order valence-corrected chi connectivity index (χ1v) is 7.99. The van der Waals surface area contributed by atoms with Gasteiger partial charge >= 0.3 is 6.18 Å². The number of nitrogens with one attached hydrogen (secondary N) is 1. The highest BCUT2D eigenvalue weighted by atomic mass is 127. The van der Waals surface area contributed by atoms with Crippen molar-refractivity contribution in [3.63, 3.8) is 0 Å². The predicted octanol–water partition coefficient (Wildman–Crippen LogP) is 3.79. The summed E-state index contributed by atoms with van der Waals surface area (Å²) in [4.78, 5) is 12.3. The molecule has 0 aliphatic heterocycles. The number of anilines is 1. The van der Waals surface area contributed by atoms with E-state index in [4.69, 9.17) is 0 Å². The highest BCUT2D eigenvalue weighted by Gasteiger charge is 2.44. The van der Waals surface area contributed by atoms with Crippen LogP contribution in [0, 0.1) is 9.49 Å². The van der Waals surface area contributed by atoms with E-state index in [-0.39, 0.29) is 23.4 Å². The molecule has 1 amide bonds. The molecule has 1 saturated carbocycles. The summed E-state index contributed by atoms with van der Waals surface area (Å²) in [6, 6.07) is 3.33. The minimum Gasteiger partial charge on any atom is -0.325 e. The third kappa shape index (κ3) is 3.51. The lowest BCUT2D eigenvalue weighted by molar-refractivity contribution is -0.137. The van der Waals surface area contributed by atoms with Gasteiger partial charge in [-0.15, -0.1) is 0 Å². The standard InChI is InChI=1S/C15H13F3IN3O/c1-22-7-8(6-20-22)10-5-11(10)14(23)21-13-4-9(15(16,17)18)2-3-12(13)19/h2-4,6-7,10-11H,5H2,1H3,(H,21,23)/t10-,11-/m1/s1. The van der Waals surface area contributed by atoms with E-state index in [0.717, 1.165) is 17.7 Å². The Morgan fingerprint density at radius 3 is 2.78 bits per heavy atom. The van der Waals surface area contributed by atoms with Crippen LogP contribution >= 0.6 is 22.6 Å². The van der Waals surface area contributed by atoms with Crippen LogP contribution in [-0.2, 0) is 18.0 Å². The summed E-state index contributed by atoms with van der Waals surface area (Å²) < 4.78 is 40.5. The van der Waals surface area contributed by atoms with Gasteiger partial charge in [-0.2, -0.15) is 18.3 Å². The molecule has 1 fully saturated rings. The molecular weight excluding hydrogens is 422 g/mol. The summed E-state index contributed by atoms with van der Waals surface area (Å²) in [5.74, 6) is -0.382. The van der Waals surface area contributed by atoms with Gasteiger partial charge in [-0.3, -0.25) is 9.48 Å². The summed E-state index contributed by atoms with van der Waals surface area (Å²) in [5.41, 5.74) is 0.404. The number of carbonyl (C=O) groups is 1. The van der Waals surface area contributed by atoms with Gasteiger partial charge in [0, 0.05) is 22.7 Å². The number of aryl methyl sites for hydroxylation is 1. The molecule has 1 aromatic carbocycles. The number of amides is 1. The normalized spacial score (nSPS) is 20.4. The summed E-state index contributed by atoms with van der Waals surface area (Å²) in [6.45, 7) is 0. The SMILES string of the molecule is Cn1cc([C@H]2C[C@H]2C(=O)Nc2cc(C(F)(F)F)ccc2I)cn1. The van der Waals surface area contributed by atoms with Gasteiger partial charge in [0.1, 0.15) is 0 Å². The van der Waals surface area contributed by atoms with Crippen LogP contribution in [0.1, 0.15) is 23.5 Å². The van der Waals surface area contributed by atoms with Crippen LogP contribution in [0.25, 0.3) is 0 Å². The largest absolute Gasteiger partial charge is 0.416 e. The molecular formula is C15H13F3IN3O. The lowest BCUT2D eigenvalue weighted by Gasteiger charge is -2.11. The Morgan fingerprint density at radius 1 is 1.43 bits per heavy atom. The molecule has 3 rings (SSSR count). The number of nitrogens with zero attached hydrogens (tertiary/aromatic N) is 2. The highest BCUT2D eigenvalue weighted by molar-refractivity contribution is 14.1. The number of rotatable bonds is 3. The van der Waals surface area contributed by atoms with Crippen LogP contribution < -0.4 is 5.32 Å². The molecule has 1 heterocycles. The Hall–Kier alpha value is -1.58. The molecule has 23 heavy (non-hydrogen) atoms. The van der Waals surface area contributed by atoms with Gasteiger partial charge in [0.25, 0.3) is 0 Å². The molecule has 2 aromatic rings. The number of aromatic nitrogens is 2. The zero-order valence-electron chi connectivity index (χ0n) is 12.1. The van der Waals surface area contributed by atoms with Crippen LogP contribution in [0.4, 0.5) is 18.9 Å². The van der Waals surface area contributed by atoms with E-state index in [1.54, 1.807) is 17.9 Å². The minimum atomic E-state index is -4.43. The molecule has 1 aliphatic rings. The number of hydrogen-bond donors (Lipinski definition) is 1.